The quantitative estimate of drug-likeness (QED) is 0.721. The summed E-state index contributed by atoms with van der Waals surface area (Å²) in [6.45, 7) is 1.69. The Morgan fingerprint density at radius 2 is 1.79 bits per heavy atom. The molecule has 1 aliphatic rings. The van der Waals surface area contributed by atoms with Crippen LogP contribution in [-0.4, -0.2) is 23.7 Å². The van der Waals surface area contributed by atoms with Crippen LogP contribution in [0, 0.1) is 0 Å². The number of amidine groups is 1. The van der Waals surface area contributed by atoms with Gasteiger partial charge in [-0.25, -0.2) is 4.99 Å². The van der Waals surface area contributed by atoms with E-state index in [1.54, 1.807) is 14.0 Å². The highest BCUT2D eigenvalue weighted by Gasteiger charge is 2.30. The fourth-order valence-corrected chi connectivity index (χ4v) is 1.64. The smallest absolute Gasteiger partial charge is 0.298 e. The minimum Gasteiger partial charge on any atom is -0.298 e. The molecule has 6 heteroatoms. The van der Waals surface area contributed by atoms with Crippen molar-refractivity contribution in [2.45, 2.75) is 13.1 Å². The average Bonchev–Trinajstić information content (AvgIpc) is 2.57. The number of hydrogen-bond acceptors (Lipinski definition) is 2. The molecule has 3 nitrogen and oxygen atoms in total. The van der Waals surface area contributed by atoms with Crippen molar-refractivity contribution >= 4 is 17.8 Å². The summed E-state index contributed by atoms with van der Waals surface area (Å²) in [6.07, 6.45) is -2.89. The second kappa shape index (κ2) is 4.53. The average molecular weight is 268 g/mol. The first-order chi connectivity index (χ1) is 8.79. The molecule has 1 amide bonds. The highest BCUT2D eigenvalue weighted by atomic mass is 19.4. The molecular weight excluding hydrogens is 257 g/mol. The molecule has 100 valence electrons. The third-order valence-corrected chi connectivity index (χ3v) is 2.83. The van der Waals surface area contributed by atoms with Gasteiger partial charge >= 0.3 is 6.18 Å². The molecule has 0 aliphatic carbocycles. The molecule has 0 spiro atoms. The Balaban J connectivity index is 2.28. The van der Waals surface area contributed by atoms with E-state index in [-0.39, 0.29) is 11.6 Å². The molecule has 0 unspecified atom stereocenters. The van der Waals surface area contributed by atoms with E-state index in [4.69, 9.17) is 0 Å². The third-order valence-electron chi connectivity index (χ3n) is 2.83. The summed E-state index contributed by atoms with van der Waals surface area (Å²) in [5, 5.41) is 0. The van der Waals surface area contributed by atoms with E-state index < -0.39 is 11.7 Å². The number of likely N-dealkylation sites (N-methyl/N-ethyl adjacent to an activating group) is 1. The molecule has 0 aromatic heterocycles. The number of amides is 1. The predicted octanol–water partition coefficient (Wildman–Crippen LogP) is 2.94. The molecule has 0 N–H and O–H groups in total. The van der Waals surface area contributed by atoms with Crippen molar-refractivity contribution in [3.8, 4) is 0 Å². The van der Waals surface area contributed by atoms with Gasteiger partial charge in [-0.1, -0.05) is 12.1 Å². The van der Waals surface area contributed by atoms with Crippen molar-refractivity contribution in [1.82, 2.24) is 4.90 Å². The number of halogens is 3. The number of hydrogen-bond donors (Lipinski definition) is 0. The molecule has 1 heterocycles. The van der Waals surface area contributed by atoms with Crippen LogP contribution in [0.4, 0.5) is 13.2 Å². The second-order valence-corrected chi connectivity index (χ2v) is 4.17. The fraction of sp³-hybridized carbons (Fsp3) is 0.231. The van der Waals surface area contributed by atoms with Crippen LogP contribution < -0.4 is 0 Å². The molecule has 0 fully saturated rings. The summed E-state index contributed by atoms with van der Waals surface area (Å²) in [5.74, 6) is 0.292. The van der Waals surface area contributed by atoms with E-state index in [1.165, 1.54) is 23.1 Å². The van der Waals surface area contributed by atoms with Crippen molar-refractivity contribution in [3.63, 3.8) is 0 Å². The van der Waals surface area contributed by atoms with Gasteiger partial charge in [0.2, 0.25) is 0 Å². The summed E-state index contributed by atoms with van der Waals surface area (Å²) >= 11 is 0. The van der Waals surface area contributed by atoms with Crippen molar-refractivity contribution in [2.24, 2.45) is 4.99 Å². The fourth-order valence-electron chi connectivity index (χ4n) is 1.64. The number of benzene rings is 1. The number of rotatable bonds is 1. The van der Waals surface area contributed by atoms with E-state index in [2.05, 4.69) is 4.99 Å². The first-order valence-electron chi connectivity index (χ1n) is 5.51. The topological polar surface area (TPSA) is 32.7 Å². The first-order valence-corrected chi connectivity index (χ1v) is 5.51. The van der Waals surface area contributed by atoms with Gasteiger partial charge in [-0.15, -0.1) is 0 Å². The number of aliphatic imine (C=N–C) groups is 1. The summed E-state index contributed by atoms with van der Waals surface area (Å²) in [7, 11) is 1.59. The SMILES string of the molecule is CC1=N/C(=C/c2ccc(C(F)(F)F)cc2)C(=O)N1C. The number of nitrogens with zero attached hydrogens (tertiary/aromatic N) is 2. The lowest BCUT2D eigenvalue weighted by Gasteiger charge is -2.07. The lowest BCUT2D eigenvalue weighted by atomic mass is 10.1. The summed E-state index contributed by atoms with van der Waals surface area (Å²) in [6, 6.07) is 4.58. The van der Waals surface area contributed by atoms with Crippen LogP contribution in [0.1, 0.15) is 18.1 Å². The van der Waals surface area contributed by atoms with Crippen LogP contribution >= 0.6 is 0 Å². The lowest BCUT2D eigenvalue weighted by Crippen LogP contribution is -2.25. The standard InChI is InChI=1S/C13H11F3N2O/c1-8-17-11(12(19)18(8)2)7-9-3-5-10(6-4-9)13(14,15)16/h3-7H,1-2H3/b11-7+. The van der Waals surface area contributed by atoms with Gasteiger partial charge in [0.05, 0.1) is 5.56 Å². The molecule has 1 aromatic carbocycles. The Hall–Kier alpha value is -2.11. The number of carbonyl (C=O) groups excluding carboxylic acids is 1. The number of carbonyl (C=O) groups is 1. The maximum absolute atomic E-state index is 12.4. The Morgan fingerprint density at radius 1 is 1.21 bits per heavy atom. The summed E-state index contributed by atoms with van der Waals surface area (Å²) < 4.78 is 37.2. The molecule has 0 bridgehead atoms. The zero-order valence-electron chi connectivity index (χ0n) is 10.3. The third kappa shape index (κ3) is 2.67. The van der Waals surface area contributed by atoms with Gasteiger partial charge in [-0.3, -0.25) is 9.69 Å². The van der Waals surface area contributed by atoms with Gasteiger partial charge < -0.3 is 0 Å². The Kier molecular flexibility index (Phi) is 3.18. The second-order valence-electron chi connectivity index (χ2n) is 4.17. The highest BCUT2D eigenvalue weighted by molar-refractivity contribution is 6.13. The molecule has 1 aromatic rings. The van der Waals surface area contributed by atoms with Crippen LogP contribution in [0.5, 0.6) is 0 Å². The molecular formula is C13H11F3N2O. The maximum Gasteiger partial charge on any atom is 0.416 e. The largest absolute Gasteiger partial charge is 0.416 e. The van der Waals surface area contributed by atoms with Crippen LogP contribution in [0.25, 0.3) is 6.08 Å². The van der Waals surface area contributed by atoms with Crippen molar-refractivity contribution in [2.75, 3.05) is 7.05 Å². The number of alkyl halides is 3. The van der Waals surface area contributed by atoms with E-state index in [0.717, 1.165) is 12.1 Å². The Morgan fingerprint density at radius 3 is 2.21 bits per heavy atom. The Bertz CT molecular complexity index is 571. The maximum atomic E-state index is 12.4. The minimum absolute atomic E-state index is 0.222. The zero-order chi connectivity index (χ0) is 14.2. The van der Waals surface area contributed by atoms with Gasteiger partial charge in [-0.2, -0.15) is 13.2 Å². The van der Waals surface area contributed by atoms with E-state index >= 15 is 0 Å². The Labute approximate surface area is 108 Å². The van der Waals surface area contributed by atoms with Gasteiger partial charge in [0, 0.05) is 7.05 Å². The highest BCUT2D eigenvalue weighted by Crippen LogP contribution is 2.29. The first kappa shape index (κ1) is 13.3. The molecule has 19 heavy (non-hydrogen) atoms. The van der Waals surface area contributed by atoms with Crippen LogP contribution in [0.3, 0.4) is 0 Å². The molecule has 0 atom stereocenters. The van der Waals surface area contributed by atoms with E-state index in [0.29, 0.717) is 11.4 Å². The summed E-state index contributed by atoms with van der Waals surface area (Å²) in [5.41, 5.74) is 0.00663. The summed E-state index contributed by atoms with van der Waals surface area (Å²) in [4.78, 5) is 17.1. The van der Waals surface area contributed by atoms with Crippen LogP contribution in [0.15, 0.2) is 35.0 Å². The normalized spacial score (nSPS) is 18.2. The minimum atomic E-state index is -4.36. The van der Waals surface area contributed by atoms with Crippen LogP contribution in [0.2, 0.25) is 0 Å². The van der Waals surface area contributed by atoms with Crippen LogP contribution in [-0.2, 0) is 11.0 Å². The van der Waals surface area contributed by atoms with Gasteiger partial charge in [0.25, 0.3) is 5.91 Å². The van der Waals surface area contributed by atoms with E-state index in [9.17, 15) is 18.0 Å². The molecule has 0 saturated carbocycles. The van der Waals surface area contributed by atoms with E-state index in [1.807, 2.05) is 0 Å². The van der Waals surface area contributed by atoms with Crippen molar-refractivity contribution < 1.29 is 18.0 Å². The van der Waals surface area contributed by atoms with Gasteiger partial charge in [0.1, 0.15) is 11.5 Å². The van der Waals surface area contributed by atoms with Gasteiger partial charge in [-0.05, 0) is 30.7 Å². The van der Waals surface area contributed by atoms with Gasteiger partial charge in [0.15, 0.2) is 0 Å². The molecule has 1 aliphatic heterocycles. The molecule has 0 radical (unpaired) electrons. The van der Waals surface area contributed by atoms with Crippen molar-refractivity contribution in [1.29, 1.82) is 0 Å². The monoisotopic (exact) mass is 268 g/mol. The predicted molar refractivity (Wildman–Crippen MR) is 65.3 cm³/mol. The molecule has 2 rings (SSSR count). The molecule has 0 saturated heterocycles. The lowest BCUT2D eigenvalue weighted by molar-refractivity contribution is -0.137. The zero-order valence-corrected chi connectivity index (χ0v) is 10.3. The van der Waals surface area contributed by atoms with Crippen molar-refractivity contribution in [3.05, 3.63) is 41.1 Å².